The molecule has 0 aliphatic rings. The van der Waals surface area contributed by atoms with Gasteiger partial charge in [-0.15, -0.1) is 0 Å². The standard InChI is InChI=1S/C14H16N2O2/c1-8-4-5-11(10(3)9(8)2)12-7-15-13(16-12)6-14(17)18/h4-5,7H,6H2,1-3H3,(H,15,16)(H,17,18). The number of imidazole rings is 1. The van der Waals surface area contributed by atoms with Crippen molar-refractivity contribution >= 4 is 5.97 Å². The molecule has 2 aromatic rings. The van der Waals surface area contributed by atoms with Crippen molar-refractivity contribution < 1.29 is 9.90 Å². The number of nitrogens with zero attached hydrogens (tertiary/aromatic N) is 1. The number of carbonyl (C=O) groups is 1. The van der Waals surface area contributed by atoms with Gasteiger partial charge in [-0.1, -0.05) is 12.1 Å². The minimum absolute atomic E-state index is 0.0795. The number of benzene rings is 1. The van der Waals surface area contributed by atoms with Crippen LogP contribution in [0.5, 0.6) is 0 Å². The zero-order valence-corrected chi connectivity index (χ0v) is 10.7. The Morgan fingerprint density at radius 3 is 2.67 bits per heavy atom. The molecular formula is C14H16N2O2. The zero-order valence-electron chi connectivity index (χ0n) is 10.7. The fourth-order valence-electron chi connectivity index (χ4n) is 1.98. The first-order valence-corrected chi connectivity index (χ1v) is 5.82. The third-order valence-corrected chi connectivity index (χ3v) is 3.30. The van der Waals surface area contributed by atoms with Gasteiger partial charge in [0.2, 0.25) is 0 Å². The number of hydrogen-bond acceptors (Lipinski definition) is 2. The Labute approximate surface area is 106 Å². The normalized spacial score (nSPS) is 10.6. The molecule has 94 valence electrons. The highest BCUT2D eigenvalue weighted by Gasteiger charge is 2.10. The van der Waals surface area contributed by atoms with Crippen LogP contribution >= 0.6 is 0 Å². The average Bonchev–Trinajstić information content (AvgIpc) is 2.73. The van der Waals surface area contributed by atoms with Crippen molar-refractivity contribution in [1.82, 2.24) is 9.97 Å². The first-order valence-electron chi connectivity index (χ1n) is 5.82. The number of hydrogen-bond donors (Lipinski definition) is 2. The monoisotopic (exact) mass is 244 g/mol. The number of carboxylic acid groups (broad SMARTS) is 1. The summed E-state index contributed by atoms with van der Waals surface area (Å²) in [6, 6.07) is 4.10. The molecule has 0 saturated carbocycles. The highest BCUT2D eigenvalue weighted by atomic mass is 16.4. The van der Waals surface area contributed by atoms with Gasteiger partial charge < -0.3 is 10.1 Å². The maximum absolute atomic E-state index is 10.6. The van der Waals surface area contributed by atoms with Gasteiger partial charge in [0, 0.05) is 5.56 Å². The first-order chi connectivity index (χ1) is 8.49. The number of rotatable bonds is 3. The minimum Gasteiger partial charge on any atom is -0.481 e. The van der Waals surface area contributed by atoms with Gasteiger partial charge in [-0.2, -0.15) is 0 Å². The summed E-state index contributed by atoms with van der Waals surface area (Å²) in [7, 11) is 0. The van der Waals surface area contributed by atoms with E-state index in [0.717, 1.165) is 11.3 Å². The predicted octanol–water partition coefficient (Wildman–Crippen LogP) is 2.63. The molecule has 0 aliphatic heterocycles. The number of aromatic nitrogens is 2. The SMILES string of the molecule is Cc1ccc(-c2cnc(CC(=O)O)[nH]2)c(C)c1C. The molecule has 0 atom stereocenters. The Morgan fingerprint density at radius 2 is 2.00 bits per heavy atom. The van der Waals surface area contributed by atoms with Gasteiger partial charge in [-0.05, 0) is 37.5 Å². The lowest BCUT2D eigenvalue weighted by Gasteiger charge is -2.09. The number of carboxylic acids is 1. The summed E-state index contributed by atoms with van der Waals surface area (Å²) in [5.74, 6) is -0.400. The van der Waals surface area contributed by atoms with Gasteiger partial charge in [0.1, 0.15) is 12.2 Å². The number of aliphatic carboxylic acids is 1. The van der Waals surface area contributed by atoms with Crippen LogP contribution in [0.2, 0.25) is 0 Å². The number of aromatic amines is 1. The molecule has 0 saturated heterocycles. The van der Waals surface area contributed by atoms with Crippen molar-refractivity contribution in [3.63, 3.8) is 0 Å². The highest BCUT2D eigenvalue weighted by molar-refractivity contribution is 5.70. The topological polar surface area (TPSA) is 66.0 Å². The molecule has 0 unspecified atom stereocenters. The van der Waals surface area contributed by atoms with Gasteiger partial charge in [0.15, 0.2) is 0 Å². The van der Waals surface area contributed by atoms with Crippen molar-refractivity contribution in [2.45, 2.75) is 27.2 Å². The molecule has 2 N–H and O–H groups in total. The van der Waals surface area contributed by atoms with Gasteiger partial charge in [0.25, 0.3) is 0 Å². The summed E-state index contributed by atoms with van der Waals surface area (Å²) in [5.41, 5.74) is 5.64. The van der Waals surface area contributed by atoms with E-state index in [9.17, 15) is 4.79 Å². The quantitative estimate of drug-likeness (QED) is 0.872. The Balaban J connectivity index is 2.40. The summed E-state index contributed by atoms with van der Waals surface area (Å²) in [6.07, 6.45) is 1.61. The fraction of sp³-hybridized carbons (Fsp3) is 0.286. The second-order valence-corrected chi connectivity index (χ2v) is 4.49. The van der Waals surface area contributed by atoms with Crippen molar-refractivity contribution in [2.24, 2.45) is 0 Å². The van der Waals surface area contributed by atoms with Crippen LogP contribution in [0.4, 0.5) is 0 Å². The smallest absolute Gasteiger partial charge is 0.311 e. The summed E-state index contributed by atoms with van der Waals surface area (Å²) < 4.78 is 0. The molecule has 1 aromatic carbocycles. The van der Waals surface area contributed by atoms with E-state index in [-0.39, 0.29) is 6.42 Å². The lowest BCUT2D eigenvalue weighted by molar-refractivity contribution is -0.136. The fourth-order valence-corrected chi connectivity index (χ4v) is 1.98. The van der Waals surface area contributed by atoms with E-state index in [1.807, 2.05) is 6.07 Å². The maximum Gasteiger partial charge on any atom is 0.311 e. The lowest BCUT2D eigenvalue weighted by Crippen LogP contribution is -2.01. The second-order valence-electron chi connectivity index (χ2n) is 4.49. The molecule has 1 heterocycles. The van der Waals surface area contributed by atoms with Crippen LogP contribution in [0.15, 0.2) is 18.3 Å². The summed E-state index contributed by atoms with van der Waals surface area (Å²) in [6.45, 7) is 6.23. The van der Waals surface area contributed by atoms with Crippen molar-refractivity contribution in [1.29, 1.82) is 0 Å². The molecule has 0 aliphatic carbocycles. The minimum atomic E-state index is -0.882. The summed E-state index contributed by atoms with van der Waals surface area (Å²) in [5, 5.41) is 8.72. The van der Waals surface area contributed by atoms with E-state index < -0.39 is 5.97 Å². The summed E-state index contributed by atoms with van der Waals surface area (Å²) >= 11 is 0. The molecule has 0 bridgehead atoms. The van der Waals surface area contributed by atoms with E-state index >= 15 is 0 Å². The molecule has 4 nitrogen and oxygen atoms in total. The maximum atomic E-state index is 10.6. The molecular weight excluding hydrogens is 228 g/mol. The van der Waals surface area contributed by atoms with Crippen LogP contribution in [-0.2, 0) is 11.2 Å². The Bertz CT molecular complexity index is 600. The Kier molecular flexibility index (Phi) is 3.19. The van der Waals surface area contributed by atoms with Crippen LogP contribution in [0.25, 0.3) is 11.3 Å². The van der Waals surface area contributed by atoms with E-state index in [0.29, 0.717) is 5.82 Å². The molecule has 0 spiro atoms. The van der Waals surface area contributed by atoms with Crippen LogP contribution in [-0.4, -0.2) is 21.0 Å². The molecule has 0 fully saturated rings. The third-order valence-electron chi connectivity index (χ3n) is 3.30. The third kappa shape index (κ3) is 2.27. The molecule has 4 heteroatoms. The summed E-state index contributed by atoms with van der Waals surface area (Å²) in [4.78, 5) is 17.8. The molecule has 0 radical (unpaired) electrons. The van der Waals surface area contributed by atoms with E-state index in [1.165, 1.54) is 16.7 Å². The number of H-pyrrole nitrogens is 1. The largest absolute Gasteiger partial charge is 0.481 e. The van der Waals surface area contributed by atoms with Crippen molar-refractivity contribution in [2.75, 3.05) is 0 Å². The second kappa shape index (κ2) is 4.64. The Hall–Kier alpha value is -2.10. The van der Waals surface area contributed by atoms with Crippen molar-refractivity contribution in [3.05, 3.63) is 40.8 Å². The van der Waals surface area contributed by atoms with Crippen molar-refractivity contribution in [3.8, 4) is 11.3 Å². The lowest BCUT2D eigenvalue weighted by atomic mass is 9.97. The Morgan fingerprint density at radius 1 is 1.28 bits per heavy atom. The average molecular weight is 244 g/mol. The molecule has 2 rings (SSSR count). The van der Waals surface area contributed by atoms with Crippen LogP contribution < -0.4 is 0 Å². The van der Waals surface area contributed by atoms with Gasteiger partial charge in [-0.25, -0.2) is 4.98 Å². The highest BCUT2D eigenvalue weighted by Crippen LogP contribution is 2.26. The van der Waals surface area contributed by atoms with Gasteiger partial charge >= 0.3 is 5.97 Å². The van der Waals surface area contributed by atoms with Crippen LogP contribution in [0.1, 0.15) is 22.5 Å². The van der Waals surface area contributed by atoms with Gasteiger partial charge in [-0.3, -0.25) is 4.79 Å². The molecule has 1 aromatic heterocycles. The molecule has 18 heavy (non-hydrogen) atoms. The van der Waals surface area contributed by atoms with Gasteiger partial charge in [0.05, 0.1) is 11.9 Å². The zero-order chi connectivity index (χ0) is 13.3. The first kappa shape index (κ1) is 12.4. The van der Waals surface area contributed by atoms with Crippen LogP contribution in [0.3, 0.4) is 0 Å². The molecule has 0 amide bonds. The van der Waals surface area contributed by atoms with E-state index in [2.05, 4.69) is 36.8 Å². The van der Waals surface area contributed by atoms with E-state index in [4.69, 9.17) is 5.11 Å². The van der Waals surface area contributed by atoms with E-state index in [1.54, 1.807) is 6.20 Å². The van der Waals surface area contributed by atoms with Crippen LogP contribution in [0, 0.1) is 20.8 Å². The number of nitrogens with one attached hydrogen (secondary N) is 1. The predicted molar refractivity (Wildman–Crippen MR) is 69.6 cm³/mol. The number of aryl methyl sites for hydroxylation is 1.